The fourth-order valence-electron chi connectivity index (χ4n) is 1.79. The lowest BCUT2D eigenvalue weighted by Gasteiger charge is -2.14. The van der Waals surface area contributed by atoms with E-state index < -0.39 is 6.10 Å². The van der Waals surface area contributed by atoms with Gasteiger partial charge in [-0.2, -0.15) is 0 Å². The largest absolute Gasteiger partial charge is 0.378 e. The molecule has 1 aromatic carbocycles. The van der Waals surface area contributed by atoms with Gasteiger partial charge >= 0.3 is 0 Å². The Kier molecular flexibility index (Phi) is 5.99. The number of hydrogen-bond donors (Lipinski definition) is 2. The Morgan fingerprint density at radius 2 is 2.00 bits per heavy atom. The van der Waals surface area contributed by atoms with Crippen molar-refractivity contribution in [3.8, 4) is 0 Å². The molecule has 0 heterocycles. The molecule has 0 fully saturated rings. The van der Waals surface area contributed by atoms with Crippen molar-refractivity contribution in [2.75, 3.05) is 27.2 Å². The van der Waals surface area contributed by atoms with Gasteiger partial charge in [-0.25, -0.2) is 0 Å². The highest BCUT2D eigenvalue weighted by atomic mass is 16.3. The van der Waals surface area contributed by atoms with E-state index in [1.807, 2.05) is 40.1 Å². The number of amides is 1. The van der Waals surface area contributed by atoms with Crippen molar-refractivity contribution in [2.45, 2.75) is 26.4 Å². The van der Waals surface area contributed by atoms with E-state index in [9.17, 15) is 9.90 Å². The van der Waals surface area contributed by atoms with E-state index in [1.165, 1.54) is 0 Å². The maximum absolute atomic E-state index is 11.8. The standard InChI is InChI=1S/C15H24N2O2/c1-11-6-7-13(10-12(11)2)14(18)15(19)16-8-5-9-17(3)4/h6-7,10,14,18H,5,8-9H2,1-4H3,(H,16,19). The van der Waals surface area contributed by atoms with E-state index in [4.69, 9.17) is 0 Å². The van der Waals surface area contributed by atoms with Gasteiger partial charge in [-0.15, -0.1) is 0 Å². The van der Waals surface area contributed by atoms with Crippen LogP contribution in [0.4, 0.5) is 0 Å². The molecule has 1 unspecified atom stereocenters. The summed E-state index contributed by atoms with van der Waals surface area (Å²) in [7, 11) is 3.98. The average Bonchev–Trinajstić information content (AvgIpc) is 2.36. The summed E-state index contributed by atoms with van der Waals surface area (Å²) in [5.41, 5.74) is 2.88. The summed E-state index contributed by atoms with van der Waals surface area (Å²) in [6, 6.07) is 5.58. The van der Waals surface area contributed by atoms with E-state index in [-0.39, 0.29) is 5.91 Å². The number of aryl methyl sites for hydroxylation is 2. The molecule has 2 N–H and O–H groups in total. The number of nitrogens with zero attached hydrogens (tertiary/aromatic N) is 1. The van der Waals surface area contributed by atoms with Gasteiger partial charge in [-0.1, -0.05) is 18.2 Å². The van der Waals surface area contributed by atoms with Gasteiger partial charge in [0, 0.05) is 6.54 Å². The van der Waals surface area contributed by atoms with Gasteiger partial charge in [0.05, 0.1) is 0 Å². The average molecular weight is 264 g/mol. The molecule has 19 heavy (non-hydrogen) atoms. The first-order chi connectivity index (χ1) is 8.91. The Balaban J connectivity index is 2.49. The smallest absolute Gasteiger partial charge is 0.253 e. The van der Waals surface area contributed by atoms with Crippen LogP contribution in [0, 0.1) is 13.8 Å². The fourth-order valence-corrected chi connectivity index (χ4v) is 1.79. The van der Waals surface area contributed by atoms with E-state index >= 15 is 0 Å². The van der Waals surface area contributed by atoms with Crippen molar-refractivity contribution in [3.05, 3.63) is 34.9 Å². The lowest BCUT2D eigenvalue weighted by Crippen LogP contribution is -2.31. The molecule has 1 amide bonds. The number of carbonyl (C=O) groups is 1. The normalized spacial score (nSPS) is 12.5. The molecular formula is C15H24N2O2. The van der Waals surface area contributed by atoms with Crippen LogP contribution in [0.1, 0.15) is 29.2 Å². The first kappa shape index (κ1) is 15.7. The number of nitrogens with one attached hydrogen (secondary N) is 1. The third-order valence-corrected chi connectivity index (χ3v) is 3.18. The molecule has 0 radical (unpaired) electrons. The van der Waals surface area contributed by atoms with Crippen molar-refractivity contribution in [1.29, 1.82) is 0 Å². The Bertz CT molecular complexity index is 430. The van der Waals surface area contributed by atoms with Crippen LogP contribution in [0.25, 0.3) is 0 Å². The molecule has 0 saturated carbocycles. The minimum Gasteiger partial charge on any atom is -0.378 e. The van der Waals surface area contributed by atoms with Gasteiger partial charge in [0.2, 0.25) is 0 Å². The lowest BCUT2D eigenvalue weighted by molar-refractivity contribution is -0.129. The molecule has 0 aliphatic carbocycles. The SMILES string of the molecule is Cc1ccc(C(O)C(=O)NCCCN(C)C)cc1C. The summed E-state index contributed by atoms with van der Waals surface area (Å²) in [6.45, 7) is 5.48. The minimum absolute atomic E-state index is 0.331. The Morgan fingerprint density at radius 1 is 1.32 bits per heavy atom. The zero-order valence-corrected chi connectivity index (χ0v) is 12.2. The van der Waals surface area contributed by atoms with Gasteiger partial charge in [0.1, 0.15) is 0 Å². The molecule has 0 bridgehead atoms. The Hall–Kier alpha value is -1.39. The second-order valence-electron chi connectivity index (χ2n) is 5.19. The van der Waals surface area contributed by atoms with Gasteiger partial charge in [-0.05, 0) is 57.6 Å². The van der Waals surface area contributed by atoms with Crippen molar-refractivity contribution in [1.82, 2.24) is 10.2 Å². The van der Waals surface area contributed by atoms with Crippen molar-refractivity contribution in [3.63, 3.8) is 0 Å². The summed E-state index contributed by atoms with van der Waals surface area (Å²) in [5.74, 6) is -0.331. The van der Waals surface area contributed by atoms with Crippen LogP contribution in [0.5, 0.6) is 0 Å². The molecule has 1 aromatic rings. The number of hydrogen-bond acceptors (Lipinski definition) is 3. The summed E-state index contributed by atoms with van der Waals surface area (Å²) in [6.07, 6.45) is -0.211. The van der Waals surface area contributed by atoms with Crippen LogP contribution in [0.15, 0.2) is 18.2 Å². The molecule has 0 aliphatic rings. The predicted octanol–water partition coefficient (Wildman–Crippen LogP) is 1.40. The van der Waals surface area contributed by atoms with Crippen molar-refractivity contribution >= 4 is 5.91 Å². The second kappa shape index (κ2) is 7.26. The molecule has 1 rings (SSSR count). The molecule has 4 heteroatoms. The third kappa shape index (κ3) is 5.01. The molecule has 0 aromatic heterocycles. The number of aliphatic hydroxyl groups excluding tert-OH is 1. The number of benzene rings is 1. The highest BCUT2D eigenvalue weighted by molar-refractivity contribution is 5.81. The van der Waals surface area contributed by atoms with Crippen molar-refractivity contribution < 1.29 is 9.90 Å². The van der Waals surface area contributed by atoms with E-state index in [0.717, 1.165) is 24.1 Å². The summed E-state index contributed by atoms with van der Waals surface area (Å²) < 4.78 is 0. The van der Waals surface area contributed by atoms with E-state index in [0.29, 0.717) is 12.1 Å². The molecule has 0 spiro atoms. The summed E-state index contributed by atoms with van der Waals surface area (Å²) in [5, 5.41) is 12.7. The fraction of sp³-hybridized carbons (Fsp3) is 0.533. The van der Waals surface area contributed by atoms with Gasteiger partial charge in [0.25, 0.3) is 5.91 Å². The molecule has 4 nitrogen and oxygen atoms in total. The number of rotatable bonds is 6. The summed E-state index contributed by atoms with van der Waals surface area (Å²) in [4.78, 5) is 13.9. The number of carbonyl (C=O) groups excluding carboxylic acids is 1. The highest BCUT2D eigenvalue weighted by Gasteiger charge is 2.16. The Labute approximate surface area is 115 Å². The third-order valence-electron chi connectivity index (χ3n) is 3.18. The zero-order valence-electron chi connectivity index (χ0n) is 12.2. The molecule has 0 aliphatic heterocycles. The number of aliphatic hydroxyl groups is 1. The zero-order chi connectivity index (χ0) is 14.4. The van der Waals surface area contributed by atoms with Gasteiger partial charge in [0.15, 0.2) is 6.10 Å². The maximum atomic E-state index is 11.8. The molecule has 1 atom stereocenters. The Morgan fingerprint density at radius 3 is 2.58 bits per heavy atom. The molecule has 106 valence electrons. The van der Waals surface area contributed by atoms with Crippen LogP contribution in [0.3, 0.4) is 0 Å². The van der Waals surface area contributed by atoms with Gasteiger partial charge < -0.3 is 15.3 Å². The molecule has 0 saturated heterocycles. The first-order valence-electron chi connectivity index (χ1n) is 6.59. The quantitative estimate of drug-likeness (QED) is 0.764. The first-order valence-corrected chi connectivity index (χ1v) is 6.59. The molecular weight excluding hydrogens is 240 g/mol. The van der Waals surface area contributed by atoms with Crippen molar-refractivity contribution in [2.24, 2.45) is 0 Å². The van der Waals surface area contributed by atoms with Crippen LogP contribution in [0.2, 0.25) is 0 Å². The van der Waals surface area contributed by atoms with Crippen LogP contribution < -0.4 is 5.32 Å². The predicted molar refractivity (Wildman–Crippen MR) is 77.1 cm³/mol. The highest BCUT2D eigenvalue weighted by Crippen LogP contribution is 2.17. The summed E-state index contributed by atoms with van der Waals surface area (Å²) >= 11 is 0. The lowest BCUT2D eigenvalue weighted by atomic mass is 10.0. The minimum atomic E-state index is -1.08. The van der Waals surface area contributed by atoms with Crippen LogP contribution in [-0.4, -0.2) is 43.1 Å². The second-order valence-corrected chi connectivity index (χ2v) is 5.19. The van der Waals surface area contributed by atoms with Gasteiger partial charge in [-0.3, -0.25) is 4.79 Å². The van der Waals surface area contributed by atoms with Crippen LogP contribution >= 0.6 is 0 Å². The van der Waals surface area contributed by atoms with E-state index in [1.54, 1.807) is 6.07 Å². The monoisotopic (exact) mass is 264 g/mol. The van der Waals surface area contributed by atoms with Crippen LogP contribution in [-0.2, 0) is 4.79 Å². The maximum Gasteiger partial charge on any atom is 0.253 e. The van der Waals surface area contributed by atoms with E-state index in [2.05, 4.69) is 10.2 Å². The topological polar surface area (TPSA) is 52.6 Å².